The van der Waals surface area contributed by atoms with Crippen molar-refractivity contribution in [3.05, 3.63) is 81.6 Å². The summed E-state index contributed by atoms with van der Waals surface area (Å²) < 4.78 is 6.45. The van der Waals surface area contributed by atoms with Crippen LogP contribution in [0.15, 0.2) is 48.5 Å². The Hall–Kier alpha value is -3.65. The van der Waals surface area contributed by atoms with Crippen molar-refractivity contribution in [2.75, 3.05) is 11.5 Å². The minimum atomic E-state index is -1.35. The van der Waals surface area contributed by atoms with E-state index in [4.69, 9.17) is 16.3 Å². The van der Waals surface area contributed by atoms with Crippen LogP contribution < -0.4 is 10.2 Å². The zero-order valence-corrected chi connectivity index (χ0v) is 20.8. The summed E-state index contributed by atoms with van der Waals surface area (Å²) in [5.41, 5.74) is 2.10. The first kappa shape index (κ1) is 24.5. The highest BCUT2D eigenvalue weighted by atomic mass is 35.5. The molecule has 4 rings (SSSR count). The van der Waals surface area contributed by atoms with Crippen molar-refractivity contribution >= 4 is 35.1 Å². The van der Waals surface area contributed by atoms with Gasteiger partial charge in [0.25, 0.3) is 5.91 Å². The lowest BCUT2D eigenvalue weighted by molar-refractivity contribution is -0.126. The number of carbonyl (C=O) groups is 3. The molecule has 0 saturated carbocycles. The van der Waals surface area contributed by atoms with Crippen LogP contribution in [-0.4, -0.2) is 39.7 Å². The monoisotopic (exact) mass is 494 g/mol. The molecule has 0 aliphatic carbocycles. The summed E-state index contributed by atoms with van der Waals surface area (Å²) in [5, 5.41) is 7.72. The molecule has 0 saturated heterocycles. The van der Waals surface area contributed by atoms with E-state index < -0.39 is 17.4 Å². The Labute approximate surface area is 208 Å². The van der Waals surface area contributed by atoms with Gasteiger partial charge in [-0.25, -0.2) is 4.79 Å². The van der Waals surface area contributed by atoms with Gasteiger partial charge in [-0.3, -0.25) is 19.2 Å². The first-order valence-electron chi connectivity index (χ1n) is 11.3. The van der Waals surface area contributed by atoms with Gasteiger partial charge in [0.1, 0.15) is 11.2 Å². The van der Waals surface area contributed by atoms with E-state index in [9.17, 15) is 14.4 Å². The van der Waals surface area contributed by atoms with Crippen LogP contribution >= 0.6 is 11.6 Å². The van der Waals surface area contributed by atoms with Gasteiger partial charge in [0.15, 0.2) is 5.69 Å². The Bertz CT molecular complexity index is 1300. The minimum Gasteiger partial charge on any atom is -0.461 e. The van der Waals surface area contributed by atoms with E-state index in [0.717, 1.165) is 11.1 Å². The smallest absolute Gasteiger partial charge is 0.358 e. The molecule has 3 aromatic rings. The number of hydrogen-bond donors (Lipinski definition) is 1. The van der Waals surface area contributed by atoms with Gasteiger partial charge in [-0.1, -0.05) is 47.5 Å². The number of carbonyl (C=O) groups excluding carboxylic acids is 3. The van der Waals surface area contributed by atoms with Crippen LogP contribution in [0.5, 0.6) is 0 Å². The number of ether oxygens (including phenoxy) is 1. The lowest BCUT2D eigenvalue weighted by Crippen LogP contribution is -2.64. The summed E-state index contributed by atoms with van der Waals surface area (Å²) in [7, 11) is 0. The summed E-state index contributed by atoms with van der Waals surface area (Å²) in [6.45, 7) is 7.69. The third kappa shape index (κ3) is 4.53. The second kappa shape index (κ2) is 9.54. The molecule has 0 fully saturated rings. The van der Waals surface area contributed by atoms with Crippen molar-refractivity contribution in [1.29, 1.82) is 0 Å². The average Bonchev–Trinajstić information content (AvgIpc) is 3.25. The third-order valence-corrected chi connectivity index (χ3v) is 6.59. The quantitative estimate of drug-likeness (QED) is 0.521. The first-order chi connectivity index (χ1) is 16.7. The van der Waals surface area contributed by atoms with Crippen LogP contribution in [0.3, 0.4) is 0 Å². The lowest BCUT2D eigenvalue weighted by Gasteiger charge is -2.43. The van der Waals surface area contributed by atoms with Gasteiger partial charge in [-0.15, -0.1) is 0 Å². The van der Waals surface area contributed by atoms with Gasteiger partial charge in [0.2, 0.25) is 5.91 Å². The maximum atomic E-state index is 13.8. The fraction of sp³-hybridized carbons (Fsp3) is 0.308. The first-order valence-corrected chi connectivity index (χ1v) is 11.7. The maximum absolute atomic E-state index is 13.8. The molecule has 2 aromatic carbocycles. The molecule has 8 nitrogen and oxygen atoms in total. The molecule has 2 heterocycles. The molecule has 0 spiro atoms. The predicted molar refractivity (Wildman–Crippen MR) is 133 cm³/mol. The average molecular weight is 495 g/mol. The van der Waals surface area contributed by atoms with E-state index in [1.165, 1.54) is 15.6 Å². The normalized spacial score (nSPS) is 17.2. The van der Waals surface area contributed by atoms with E-state index in [2.05, 4.69) is 10.4 Å². The summed E-state index contributed by atoms with van der Waals surface area (Å²) >= 11 is 6.37. The number of nitrogens with zero attached hydrogens (tertiary/aromatic N) is 3. The van der Waals surface area contributed by atoms with Gasteiger partial charge in [0, 0.05) is 23.3 Å². The van der Waals surface area contributed by atoms with Crippen LogP contribution in [0, 0.1) is 13.8 Å². The lowest BCUT2D eigenvalue weighted by atomic mass is 9.93. The van der Waals surface area contributed by atoms with E-state index in [1.807, 2.05) is 31.2 Å². The van der Waals surface area contributed by atoms with E-state index >= 15 is 0 Å². The Morgan fingerprint density at radius 1 is 1.17 bits per heavy atom. The summed E-state index contributed by atoms with van der Waals surface area (Å²) in [4.78, 5) is 41.2. The Morgan fingerprint density at radius 2 is 1.89 bits per heavy atom. The number of halogens is 1. The SMILES string of the molecule is CCOC(=O)c1cc2n(n1)CC(C)(C(=O)NCc1ccc(C)cc1)N(c1cccc(Cl)c1C)C2=O. The molecule has 0 bridgehead atoms. The number of hydrogen-bond acceptors (Lipinski definition) is 5. The molecule has 1 unspecified atom stereocenters. The number of esters is 1. The molecule has 1 atom stereocenters. The fourth-order valence-electron chi connectivity index (χ4n) is 4.18. The number of aryl methyl sites for hydroxylation is 1. The molecule has 35 heavy (non-hydrogen) atoms. The molecule has 9 heteroatoms. The molecule has 1 aliphatic rings. The van der Waals surface area contributed by atoms with Gasteiger partial charge in [-0.05, 0) is 51.0 Å². The van der Waals surface area contributed by atoms with Gasteiger partial charge >= 0.3 is 5.97 Å². The van der Waals surface area contributed by atoms with Crippen molar-refractivity contribution < 1.29 is 19.1 Å². The largest absolute Gasteiger partial charge is 0.461 e. The van der Waals surface area contributed by atoms with E-state index in [-0.39, 0.29) is 30.4 Å². The number of aromatic nitrogens is 2. The predicted octanol–water partition coefficient (Wildman–Crippen LogP) is 4.07. The number of anilines is 1. The standard InChI is InChI=1S/C26H27ClN4O4/c1-5-35-24(33)20-13-22-23(32)31(21-8-6-7-19(27)17(21)3)26(4,15-30(22)29-20)25(34)28-14-18-11-9-16(2)10-12-18/h6-13H,5,14-15H2,1-4H3,(H,28,34). The van der Waals surface area contributed by atoms with Gasteiger partial charge in [-0.2, -0.15) is 5.10 Å². The highest BCUT2D eigenvalue weighted by Gasteiger charge is 2.49. The van der Waals surface area contributed by atoms with Gasteiger partial charge in [0.05, 0.1) is 13.2 Å². The maximum Gasteiger partial charge on any atom is 0.358 e. The molecule has 1 aliphatic heterocycles. The Kier molecular flexibility index (Phi) is 6.67. The van der Waals surface area contributed by atoms with Crippen molar-refractivity contribution in [2.45, 2.75) is 46.3 Å². The Balaban J connectivity index is 1.75. The fourth-order valence-corrected chi connectivity index (χ4v) is 4.35. The van der Waals surface area contributed by atoms with Gasteiger partial charge < -0.3 is 10.1 Å². The van der Waals surface area contributed by atoms with Crippen LogP contribution in [0.25, 0.3) is 0 Å². The summed E-state index contributed by atoms with van der Waals surface area (Å²) in [6.07, 6.45) is 0. The molecule has 182 valence electrons. The van der Waals surface area contributed by atoms with Crippen LogP contribution in [0.2, 0.25) is 5.02 Å². The topological polar surface area (TPSA) is 93.5 Å². The molecule has 1 N–H and O–H groups in total. The number of nitrogens with one attached hydrogen (secondary N) is 1. The van der Waals surface area contributed by atoms with Crippen LogP contribution in [-0.2, 0) is 22.6 Å². The molecular weight excluding hydrogens is 468 g/mol. The molecule has 2 amide bonds. The second-order valence-corrected chi connectivity index (χ2v) is 9.17. The number of fused-ring (bicyclic) bond motifs is 1. The zero-order valence-electron chi connectivity index (χ0n) is 20.1. The summed E-state index contributed by atoms with van der Waals surface area (Å²) in [6, 6.07) is 14.5. The summed E-state index contributed by atoms with van der Waals surface area (Å²) in [5.74, 6) is -1.44. The highest BCUT2D eigenvalue weighted by molar-refractivity contribution is 6.32. The third-order valence-electron chi connectivity index (χ3n) is 6.18. The van der Waals surface area contributed by atoms with Crippen LogP contribution in [0.4, 0.5) is 5.69 Å². The van der Waals surface area contributed by atoms with Crippen molar-refractivity contribution in [3.8, 4) is 0 Å². The molecular formula is C26H27ClN4O4. The second-order valence-electron chi connectivity index (χ2n) is 8.76. The highest BCUT2D eigenvalue weighted by Crippen LogP contribution is 2.36. The van der Waals surface area contributed by atoms with Crippen molar-refractivity contribution in [2.24, 2.45) is 0 Å². The van der Waals surface area contributed by atoms with Crippen molar-refractivity contribution in [1.82, 2.24) is 15.1 Å². The molecule has 1 aromatic heterocycles. The van der Waals surface area contributed by atoms with Crippen molar-refractivity contribution in [3.63, 3.8) is 0 Å². The van der Waals surface area contributed by atoms with E-state index in [1.54, 1.807) is 39.0 Å². The van der Waals surface area contributed by atoms with Crippen LogP contribution in [0.1, 0.15) is 51.5 Å². The number of amides is 2. The molecule has 0 radical (unpaired) electrons. The Morgan fingerprint density at radius 3 is 2.57 bits per heavy atom. The number of benzene rings is 2. The zero-order chi connectivity index (χ0) is 25.3. The number of rotatable bonds is 6. The van der Waals surface area contributed by atoms with E-state index in [0.29, 0.717) is 22.8 Å². The minimum absolute atomic E-state index is 0.0160.